The molecule has 0 unspecified atom stereocenters. The lowest BCUT2D eigenvalue weighted by atomic mass is 10.2. The molecule has 0 saturated carbocycles. The molecule has 1 aromatic carbocycles. The zero-order valence-electron chi connectivity index (χ0n) is 12.9. The number of carbonyl (C=O) groups excluding carboxylic acids is 2. The molecule has 2 rings (SSSR count). The van der Waals surface area contributed by atoms with Crippen LogP contribution in [0.3, 0.4) is 0 Å². The highest BCUT2D eigenvalue weighted by atomic mass is 32.2. The van der Waals surface area contributed by atoms with Gasteiger partial charge in [0, 0.05) is 13.1 Å². The molecule has 8 nitrogen and oxygen atoms in total. The Bertz CT molecular complexity index is 746. The van der Waals surface area contributed by atoms with Crippen LogP contribution in [0.4, 0.5) is 4.39 Å². The quantitative estimate of drug-likeness (QED) is 0.732. The van der Waals surface area contributed by atoms with Crippen LogP contribution in [0.2, 0.25) is 0 Å². The van der Waals surface area contributed by atoms with Crippen LogP contribution in [0.15, 0.2) is 23.1 Å². The van der Waals surface area contributed by atoms with Gasteiger partial charge in [0.05, 0.1) is 18.8 Å². The summed E-state index contributed by atoms with van der Waals surface area (Å²) in [4.78, 5) is 22.2. The lowest BCUT2D eigenvalue weighted by Crippen LogP contribution is -2.41. The predicted octanol–water partition coefficient (Wildman–Crippen LogP) is -0.123. The van der Waals surface area contributed by atoms with Crippen molar-refractivity contribution in [1.82, 2.24) is 4.31 Å². The van der Waals surface area contributed by atoms with Crippen molar-refractivity contribution in [3.05, 3.63) is 29.6 Å². The fourth-order valence-corrected chi connectivity index (χ4v) is 3.54. The highest BCUT2D eigenvalue weighted by molar-refractivity contribution is 7.89. The fraction of sp³-hybridized carbons (Fsp3) is 0.429. The minimum atomic E-state index is -4.11. The van der Waals surface area contributed by atoms with Gasteiger partial charge < -0.3 is 15.2 Å². The Balaban J connectivity index is 2.31. The highest BCUT2D eigenvalue weighted by Crippen LogP contribution is 2.22. The first-order valence-corrected chi connectivity index (χ1v) is 8.55. The summed E-state index contributed by atoms with van der Waals surface area (Å²) in [5.74, 6) is -2.81. The Hall–Kier alpha value is -2.04. The summed E-state index contributed by atoms with van der Waals surface area (Å²) in [6, 6.07) is 2.82. The number of benzene rings is 1. The number of rotatable bonds is 5. The Kier molecular flexibility index (Phi) is 5.52. The van der Waals surface area contributed by atoms with Gasteiger partial charge in [0.1, 0.15) is 10.7 Å². The number of primary amides is 1. The van der Waals surface area contributed by atoms with E-state index in [1.807, 2.05) is 0 Å². The fourth-order valence-electron chi connectivity index (χ4n) is 2.04. The molecule has 1 amide bonds. The van der Waals surface area contributed by atoms with Crippen molar-refractivity contribution in [2.75, 3.05) is 26.3 Å². The first kappa shape index (κ1) is 18.3. The van der Waals surface area contributed by atoms with E-state index in [1.165, 1.54) is 6.92 Å². The molecule has 1 aliphatic rings. The average molecular weight is 360 g/mol. The van der Waals surface area contributed by atoms with E-state index in [0.717, 1.165) is 22.5 Å². The van der Waals surface area contributed by atoms with E-state index in [0.29, 0.717) is 0 Å². The van der Waals surface area contributed by atoms with E-state index in [4.69, 9.17) is 15.2 Å². The van der Waals surface area contributed by atoms with Crippen molar-refractivity contribution in [2.24, 2.45) is 5.73 Å². The maximum absolute atomic E-state index is 14.0. The molecule has 0 bridgehead atoms. The third kappa shape index (κ3) is 3.89. The Labute approximate surface area is 138 Å². The number of carbonyl (C=O) groups is 2. The van der Waals surface area contributed by atoms with Gasteiger partial charge in [0.2, 0.25) is 10.0 Å². The molecule has 132 valence electrons. The lowest BCUT2D eigenvalue weighted by Gasteiger charge is -2.26. The largest absolute Gasteiger partial charge is 0.449 e. The van der Waals surface area contributed by atoms with E-state index in [2.05, 4.69) is 0 Å². The number of sulfonamides is 1. The molecule has 1 fully saturated rings. The molecule has 24 heavy (non-hydrogen) atoms. The minimum Gasteiger partial charge on any atom is -0.449 e. The van der Waals surface area contributed by atoms with Gasteiger partial charge in [0.25, 0.3) is 5.91 Å². The molecule has 0 aromatic heterocycles. The summed E-state index contributed by atoms with van der Waals surface area (Å²) in [5, 5.41) is 0. The number of morpholine rings is 1. The Morgan fingerprint density at radius 1 is 1.33 bits per heavy atom. The van der Waals surface area contributed by atoms with Gasteiger partial charge in [-0.15, -0.1) is 0 Å². The maximum atomic E-state index is 14.0. The molecule has 10 heteroatoms. The summed E-state index contributed by atoms with van der Waals surface area (Å²) in [6.07, 6.45) is -1.19. The van der Waals surface area contributed by atoms with Gasteiger partial charge >= 0.3 is 5.97 Å². The van der Waals surface area contributed by atoms with Crippen molar-refractivity contribution >= 4 is 21.9 Å². The van der Waals surface area contributed by atoms with Crippen molar-refractivity contribution in [3.63, 3.8) is 0 Å². The third-order valence-electron chi connectivity index (χ3n) is 3.44. The second kappa shape index (κ2) is 7.24. The number of esters is 1. The van der Waals surface area contributed by atoms with Gasteiger partial charge in [0.15, 0.2) is 6.10 Å². The first-order chi connectivity index (χ1) is 11.2. The summed E-state index contributed by atoms with van der Waals surface area (Å²) >= 11 is 0. The molecule has 1 atom stereocenters. The second-order valence-electron chi connectivity index (χ2n) is 5.11. The Morgan fingerprint density at radius 3 is 2.54 bits per heavy atom. The molecule has 1 heterocycles. The standard InChI is InChI=1S/C14H17FN2O6S/c1-9(13(16)18)23-14(19)10-2-3-11(15)12(8-10)24(20,21)17-4-6-22-7-5-17/h2-3,8-9H,4-7H2,1H3,(H2,16,18)/t9-/m0/s1. The molecular weight excluding hydrogens is 343 g/mol. The van der Waals surface area contributed by atoms with Crippen LogP contribution in [0.25, 0.3) is 0 Å². The van der Waals surface area contributed by atoms with Crippen LogP contribution in [0.1, 0.15) is 17.3 Å². The van der Waals surface area contributed by atoms with Crippen molar-refractivity contribution < 1.29 is 31.9 Å². The molecule has 1 saturated heterocycles. The van der Waals surface area contributed by atoms with Crippen molar-refractivity contribution in [2.45, 2.75) is 17.9 Å². The smallest absolute Gasteiger partial charge is 0.338 e. The lowest BCUT2D eigenvalue weighted by molar-refractivity contribution is -0.125. The number of ether oxygens (including phenoxy) is 2. The van der Waals surface area contributed by atoms with Crippen molar-refractivity contribution in [3.8, 4) is 0 Å². The summed E-state index contributed by atoms with van der Waals surface area (Å²) in [6.45, 7) is 1.87. The second-order valence-corrected chi connectivity index (χ2v) is 7.02. The monoisotopic (exact) mass is 360 g/mol. The van der Waals surface area contributed by atoms with Crippen LogP contribution in [-0.2, 0) is 24.3 Å². The molecule has 0 radical (unpaired) electrons. The van der Waals surface area contributed by atoms with E-state index >= 15 is 0 Å². The topological polar surface area (TPSA) is 116 Å². The number of amides is 1. The molecular formula is C14H17FN2O6S. The van der Waals surface area contributed by atoms with Gasteiger partial charge in [-0.25, -0.2) is 17.6 Å². The number of nitrogens with zero attached hydrogens (tertiary/aromatic N) is 1. The molecule has 1 aromatic rings. The first-order valence-electron chi connectivity index (χ1n) is 7.11. The average Bonchev–Trinajstić information content (AvgIpc) is 2.55. The number of hydrogen-bond acceptors (Lipinski definition) is 6. The van der Waals surface area contributed by atoms with Crippen molar-refractivity contribution in [1.29, 1.82) is 0 Å². The summed E-state index contributed by atoms with van der Waals surface area (Å²) in [5.41, 5.74) is 4.79. The van der Waals surface area contributed by atoms with Crippen LogP contribution >= 0.6 is 0 Å². The number of hydrogen-bond donors (Lipinski definition) is 1. The zero-order valence-corrected chi connectivity index (χ0v) is 13.7. The molecule has 0 aliphatic carbocycles. The molecule has 2 N–H and O–H groups in total. The molecule has 0 spiro atoms. The third-order valence-corrected chi connectivity index (χ3v) is 5.35. The summed E-state index contributed by atoms with van der Waals surface area (Å²) < 4.78 is 50.0. The van der Waals surface area contributed by atoms with Gasteiger partial charge in [-0.2, -0.15) is 4.31 Å². The maximum Gasteiger partial charge on any atom is 0.338 e. The van der Waals surface area contributed by atoms with E-state index in [-0.39, 0.29) is 31.9 Å². The van der Waals surface area contributed by atoms with Crippen LogP contribution in [-0.4, -0.2) is 57.0 Å². The van der Waals surface area contributed by atoms with Crippen LogP contribution in [0, 0.1) is 5.82 Å². The van der Waals surface area contributed by atoms with E-state index in [9.17, 15) is 22.4 Å². The number of halogens is 1. The minimum absolute atomic E-state index is 0.0924. The summed E-state index contributed by atoms with van der Waals surface area (Å²) in [7, 11) is -4.11. The van der Waals surface area contributed by atoms with Crippen LogP contribution < -0.4 is 5.73 Å². The van der Waals surface area contributed by atoms with Gasteiger partial charge in [-0.05, 0) is 25.1 Å². The zero-order chi connectivity index (χ0) is 17.9. The van der Waals surface area contributed by atoms with E-state index in [1.54, 1.807) is 0 Å². The number of nitrogens with two attached hydrogens (primary N) is 1. The predicted molar refractivity (Wildman–Crippen MR) is 80.0 cm³/mol. The molecule has 1 aliphatic heterocycles. The van der Waals surface area contributed by atoms with E-state index < -0.39 is 38.7 Å². The van der Waals surface area contributed by atoms with Gasteiger partial charge in [-0.1, -0.05) is 0 Å². The van der Waals surface area contributed by atoms with Gasteiger partial charge in [-0.3, -0.25) is 4.79 Å². The Morgan fingerprint density at radius 2 is 1.96 bits per heavy atom. The SMILES string of the molecule is C[C@H](OC(=O)c1ccc(F)c(S(=O)(=O)N2CCOCC2)c1)C(N)=O. The normalized spacial score (nSPS) is 17.2. The van der Waals surface area contributed by atoms with Crippen LogP contribution in [0.5, 0.6) is 0 Å². The highest BCUT2D eigenvalue weighted by Gasteiger charge is 2.30.